The first-order valence-electron chi connectivity index (χ1n) is 8.39. The summed E-state index contributed by atoms with van der Waals surface area (Å²) in [6.07, 6.45) is 0. The van der Waals surface area contributed by atoms with Gasteiger partial charge in [-0.25, -0.2) is 8.78 Å². The summed E-state index contributed by atoms with van der Waals surface area (Å²) in [6.45, 7) is 2.94. The Morgan fingerprint density at radius 1 is 1.15 bits per heavy atom. The van der Waals surface area contributed by atoms with Gasteiger partial charge in [-0.15, -0.1) is 0 Å². The second-order valence-corrected chi connectivity index (χ2v) is 6.29. The van der Waals surface area contributed by atoms with Crippen molar-refractivity contribution in [3.8, 4) is 0 Å². The van der Waals surface area contributed by atoms with E-state index in [1.54, 1.807) is 19.1 Å². The first kappa shape index (κ1) is 20.0. The smallest absolute Gasteiger partial charge is 0.234 e. The van der Waals surface area contributed by atoms with Crippen molar-refractivity contribution in [2.75, 3.05) is 20.7 Å². The predicted octanol–water partition coefficient (Wildman–Crippen LogP) is 3.42. The molecule has 1 amide bonds. The monoisotopic (exact) mass is 362 g/mol. The van der Waals surface area contributed by atoms with Gasteiger partial charge in [0, 0.05) is 19.7 Å². The van der Waals surface area contributed by atoms with Crippen LogP contribution in [0.2, 0.25) is 0 Å². The molecule has 6 heteroatoms. The van der Waals surface area contributed by atoms with E-state index >= 15 is 0 Å². The third-order valence-electron chi connectivity index (χ3n) is 4.27. The summed E-state index contributed by atoms with van der Waals surface area (Å²) in [5.74, 6) is -1.90. The lowest BCUT2D eigenvalue weighted by atomic mass is 10.1. The van der Waals surface area contributed by atoms with E-state index < -0.39 is 11.6 Å². The molecule has 0 aliphatic heterocycles. The molecule has 26 heavy (non-hydrogen) atoms. The first-order chi connectivity index (χ1) is 12.4. The van der Waals surface area contributed by atoms with Crippen molar-refractivity contribution in [3.63, 3.8) is 0 Å². The summed E-state index contributed by atoms with van der Waals surface area (Å²) in [7, 11) is 3.41. The molecule has 0 fully saturated rings. The number of ether oxygens (including phenoxy) is 1. The van der Waals surface area contributed by atoms with E-state index in [-0.39, 0.29) is 18.5 Å². The highest BCUT2D eigenvalue weighted by atomic mass is 19.2. The predicted molar refractivity (Wildman–Crippen MR) is 96.4 cm³/mol. The Morgan fingerprint density at radius 2 is 1.88 bits per heavy atom. The summed E-state index contributed by atoms with van der Waals surface area (Å²) in [5, 5.41) is 2.87. The Labute approximate surface area is 152 Å². The highest BCUT2D eigenvalue weighted by molar-refractivity contribution is 5.78. The molecule has 1 atom stereocenters. The summed E-state index contributed by atoms with van der Waals surface area (Å²) >= 11 is 0. The number of hydrogen-bond donors (Lipinski definition) is 1. The molecule has 2 aromatic carbocycles. The van der Waals surface area contributed by atoms with Gasteiger partial charge < -0.3 is 10.1 Å². The summed E-state index contributed by atoms with van der Waals surface area (Å²) in [6, 6.07) is 11.4. The molecule has 1 N–H and O–H groups in total. The van der Waals surface area contributed by atoms with Gasteiger partial charge >= 0.3 is 0 Å². The van der Waals surface area contributed by atoms with Crippen LogP contribution < -0.4 is 5.32 Å². The first-order valence-corrected chi connectivity index (χ1v) is 8.39. The maximum absolute atomic E-state index is 13.4. The number of nitrogens with zero attached hydrogens (tertiary/aromatic N) is 1. The molecule has 140 valence electrons. The van der Waals surface area contributed by atoms with E-state index in [0.29, 0.717) is 18.7 Å². The van der Waals surface area contributed by atoms with Crippen molar-refractivity contribution in [2.45, 2.75) is 26.1 Å². The van der Waals surface area contributed by atoms with E-state index in [4.69, 9.17) is 4.74 Å². The molecular weight excluding hydrogens is 338 g/mol. The highest BCUT2D eigenvalue weighted by Gasteiger charge is 2.16. The highest BCUT2D eigenvalue weighted by Crippen LogP contribution is 2.20. The molecule has 0 saturated heterocycles. The van der Waals surface area contributed by atoms with Gasteiger partial charge in [-0.2, -0.15) is 0 Å². The van der Waals surface area contributed by atoms with E-state index in [1.165, 1.54) is 6.07 Å². The van der Waals surface area contributed by atoms with Crippen LogP contribution in [0.1, 0.15) is 29.7 Å². The molecule has 0 bridgehead atoms. The standard InChI is InChI=1S/C20H24F2N2O2/c1-14(17-7-8-18(21)19(22)10-17)24(2)12-20(25)23-11-15-5-4-6-16(9-15)13-26-3/h4-10,14H,11-13H2,1-3H3,(H,23,25). The molecule has 0 saturated carbocycles. The van der Waals surface area contributed by atoms with Crippen molar-refractivity contribution < 1.29 is 18.3 Å². The van der Waals surface area contributed by atoms with Crippen LogP contribution in [-0.2, 0) is 22.7 Å². The number of likely N-dealkylation sites (N-methyl/N-ethyl adjacent to an activating group) is 1. The average molecular weight is 362 g/mol. The lowest BCUT2D eigenvalue weighted by Crippen LogP contribution is -2.36. The molecule has 0 heterocycles. The third kappa shape index (κ3) is 5.61. The minimum Gasteiger partial charge on any atom is -0.380 e. The van der Waals surface area contributed by atoms with Gasteiger partial charge in [0.05, 0.1) is 13.2 Å². The van der Waals surface area contributed by atoms with E-state index in [0.717, 1.165) is 23.3 Å². The fourth-order valence-corrected chi connectivity index (χ4v) is 2.64. The van der Waals surface area contributed by atoms with Crippen LogP contribution >= 0.6 is 0 Å². The molecule has 2 aromatic rings. The SMILES string of the molecule is COCc1cccc(CNC(=O)CN(C)C(C)c2ccc(F)c(F)c2)c1. The van der Waals surface area contributed by atoms with Gasteiger partial charge in [-0.05, 0) is 42.8 Å². The third-order valence-corrected chi connectivity index (χ3v) is 4.27. The van der Waals surface area contributed by atoms with Crippen LogP contribution in [0.5, 0.6) is 0 Å². The number of halogens is 2. The number of amides is 1. The number of benzene rings is 2. The van der Waals surface area contributed by atoms with Gasteiger partial charge in [0.15, 0.2) is 11.6 Å². The van der Waals surface area contributed by atoms with E-state index in [9.17, 15) is 13.6 Å². The van der Waals surface area contributed by atoms with E-state index in [2.05, 4.69) is 5.32 Å². The van der Waals surface area contributed by atoms with Crippen molar-refractivity contribution in [1.29, 1.82) is 0 Å². The van der Waals surface area contributed by atoms with Gasteiger partial charge in [-0.3, -0.25) is 9.69 Å². The lowest BCUT2D eigenvalue weighted by Gasteiger charge is -2.24. The zero-order valence-electron chi connectivity index (χ0n) is 15.3. The molecule has 0 radical (unpaired) electrons. The van der Waals surface area contributed by atoms with Crippen LogP contribution in [0, 0.1) is 11.6 Å². The van der Waals surface area contributed by atoms with Crippen LogP contribution in [0.3, 0.4) is 0 Å². The average Bonchev–Trinajstić information content (AvgIpc) is 2.62. The van der Waals surface area contributed by atoms with Crippen LogP contribution in [0.15, 0.2) is 42.5 Å². The molecule has 1 unspecified atom stereocenters. The zero-order chi connectivity index (χ0) is 19.1. The quantitative estimate of drug-likeness (QED) is 0.782. The number of hydrogen-bond acceptors (Lipinski definition) is 3. The van der Waals surface area contributed by atoms with Crippen LogP contribution in [-0.4, -0.2) is 31.5 Å². The number of methoxy groups -OCH3 is 1. The second-order valence-electron chi connectivity index (χ2n) is 6.29. The molecule has 0 aliphatic carbocycles. The molecule has 0 aliphatic rings. The number of carbonyl (C=O) groups excluding carboxylic acids is 1. The molecule has 0 spiro atoms. The minimum absolute atomic E-state index is 0.140. The maximum Gasteiger partial charge on any atom is 0.234 e. The number of carbonyl (C=O) groups is 1. The van der Waals surface area contributed by atoms with Crippen LogP contribution in [0.25, 0.3) is 0 Å². The van der Waals surface area contributed by atoms with Crippen molar-refractivity contribution in [3.05, 3.63) is 70.8 Å². The van der Waals surface area contributed by atoms with E-state index in [1.807, 2.05) is 31.2 Å². The summed E-state index contributed by atoms with van der Waals surface area (Å²) < 4.78 is 31.5. The van der Waals surface area contributed by atoms with Gasteiger partial charge in [0.1, 0.15) is 0 Å². The number of nitrogens with one attached hydrogen (secondary N) is 1. The molecule has 0 aromatic heterocycles. The molecule has 4 nitrogen and oxygen atoms in total. The Balaban J connectivity index is 1.88. The topological polar surface area (TPSA) is 41.6 Å². The fraction of sp³-hybridized carbons (Fsp3) is 0.350. The fourth-order valence-electron chi connectivity index (χ4n) is 2.64. The maximum atomic E-state index is 13.4. The Morgan fingerprint density at radius 3 is 2.58 bits per heavy atom. The van der Waals surface area contributed by atoms with Crippen LogP contribution in [0.4, 0.5) is 8.78 Å². The van der Waals surface area contributed by atoms with Crippen molar-refractivity contribution >= 4 is 5.91 Å². The Bertz CT molecular complexity index is 752. The summed E-state index contributed by atoms with van der Waals surface area (Å²) in [5.41, 5.74) is 2.65. The van der Waals surface area contributed by atoms with Crippen molar-refractivity contribution in [1.82, 2.24) is 10.2 Å². The van der Waals surface area contributed by atoms with Gasteiger partial charge in [0.2, 0.25) is 5.91 Å². The molecular formula is C20H24F2N2O2. The van der Waals surface area contributed by atoms with Crippen molar-refractivity contribution in [2.24, 2.45) is 0 Å². The lowest BCUT2D eigenvalue weighted by molar-refractivity contribution is -0.122. The van der Waals surface area contributed by atoms with Gasteiger partial charge in [0.25, 0.3) is 0 Å². The zero-order valence-corrected chi connectivity index (χ0v) is 15.3. The normalized spacial score (nSPS) is 12.2. The second kappa shape index (κ2) is 9.40. The minimum atomic E-state index is -0.886. The summed E-state index contributed by atoms with van der Waals surface area (Å²) in [4.78, 5) is 14.0. The Hall–Kier alpha value is -2.31. The largest absolute Gasteiger partial charge is 0.380 e. The Kier molecular flexibility index (Phi) is 7.24. The number of rotatable bonds is 8. The van der Waals surface area contributed by atoms with Gasteiger partial charge in [-0.1, -0.05) is 30.3 Å². The molecule has 2 rings (SSSR count).